The number of hydrogen-bond donors (Lipinski definition) is 0. The Morgan fingerprint density at radius 1 is 1.47 bits per heavy atom. The van der Waals surface area contributed by atoms with Gasteiger partial charge in [-0.25, -0.2) is 0 Å². The van der Waals surface area contributed by atoms with Crippen molar-refractivity contribution >= 4 is 11.6 Å². The highest BCUT2D eigenvalue weighted by molar-refractivity contribution is 6.21. The van der Waals surface area contributed by atoms with Crippen molar-refractivity contribution in [1.29, 1.82) is 0 Å². The molecule has 2 unspecified atom stereocenters. The van der Waals surface area contributed by atoms with E-state index in [1.165, 1.54) is 12.0 Å². The summed E-state index contributed by atoms with van der Waals surface area (Å²) in [5, 5.41) is 0.215. The summed E-state index contributed by atoms with van der Waals surface area (Å²) in [7, 11) is 0. The van der Waals surface area contributed by atoms with Crippen molar-refractivity contribution in [2.75, 3.05) is 0 Å². The molecule has 0 N–H and O–H groups in total. The van der Waals surface area contributed by atoms with Gasteiger partial charge in [-0.2, -0.15) is 0 Å². The van der Waals surface area contributed by atoms with Crippen LogP contribution in [0.2, 0.25) is 0 Å². The number of nitrogens with zero attached hydrogens (tertiary/aromatic N) is 1. The lowest BCUT2D eigenvalue weighted by atomic mass is 9.88. The molecule has 0 fully saturated rings. The van der Waals surface area contributed by atoms with E-state index in [1.807, 2.05) is 18.3 Å². The van der Waals surface area contributed by atoms with E-state index >= 15 is 0 Å². The summed E-state index contributed by atoms with van der Waals surface area (Å²) in [6.07, 6.45) is 7.28. The fourth-order valence-corrected chi connectivity index (χ4v) is 2.66. The van der Waals surface area contributed by atoms with E-state index in [-0.39, 0.29) is 5.38 Å². The van der Waals surface area contributed by atoms with Crippen LogP contribution in [0.25, 0.3) is 0 Å². The maximum atomic E-state index is 6.18. The number of alkyl halides is 1. The molecule has 1 aliphatic carbocycles. The standard InChI is InChI=1S/C13H16ClN/c1-10-6-11(8-12(14)7-10)9-13-4-2-3-5-15-13/h2-5,8,10,12H,6-7,9H2,1H3. The molecule has 0 saturated carbocycles. The molecule has 1 aromatic heterocycles. The molecule has 0 amide bonds. The van der Waals surface area contributed by atoms with E-state index in [0.29, 0.717) is 5.92 Å². The highest BCUT2D eigenvalue weighted by Gasteiger charge is 2.17. The predicted molar refractivity (Wildman–Crippen MR) is 64.1 cm³/mol. The van der Waals surface area contributed by atoms with Crippen LogP contribution in [0.4, 0.5) is 0 Å². The topological polar surface area (TPSA) is 12.9 Å². The quantitative estimate of drug-likeness (QED) is 0.550. The fourth-order valence-electron chi connectivity index (χ4n) is 2.17. The predicted octanol–water partition coefficient (Wildman–Crippen LogP) is 3.59. The molecule has 1 heterocycles. The van der Waals surface area contributed by atoms with Crippen molar-refractivity contribution < 1.29 is 0 Å². The molecule has 15 heavy (non-hydrogen) atoms. The van der Waals surface area contributed by atoms with Crippen molar-refractivity contribution in [3.05, 3.63) is 41.7 Å². The lowest BCUT2D eigenvalue weighted by Gasteiger charge is -2.22. The smallest absolute Gasteiger partial charge is 0.0521 e. The first-order valence-electron chi connectivity index (χ1n) is 5.47. The minimum atomic E-state index is 0.215. The van der Waals surface area contributed by atoms with Crippen molar-refractivity contribution in [3.63, 3.8) is 0 Å². The van der Waals surface area contributed by atoms with Crippen LogP contribution in [0, 0.1) is 5.92 Å². The summed E-state index contributed by atoms with van der Waals surface area (Å²) in [6.45, 7) is 2.26. The number of pyridine rings is 1. The summed E-state index contributed by atoms with van der Waals surface area (Å²) in [5.74, 6) is 0.705. The molecule has 0 bridgehead atoms. The molecule has 1 aromatic rings. The summed E-state index contributed by atoms with van der Waals surface area (Å²) in [5.41, 5.74) is 2.58. The van der Waals surface area contributed by atoms with Crippen molar-refractivity contribution in [2.24, 2.45) is 5.92 Å². The first-order chi connectivity index (χ1) is 7.24. The molecule has 0 saturated heterocycles. The molecule has 0 aliphatic heterocycles. The number of hydrogen-bond acceptors (Lipinski definition) is 1. The van der Waals surface area contributed by atoms with Gasteiger partial charge in [0.05, 0.1) is 5.38 Å². The van der Waals surface area contributed by atoms with E-state index in [2.05, 4.69) is 24.1 Å². The van der Waals surface area contributed by atoms with Crippen molar-refractivity contribution in [2.45, 2.75) is 31.6 Å². The highest BCUT2D eigenvalue weighted by Crippen LogP contribution is 2.28. The molecule has 0 aromatic carbocycles. The Morgan fingerprint density at radius 3 is 3.00 bits per heavy atom. The summed E-state index contributed by atoms with van der Waals surface area (Å²) >= 11 is 6.18. The Hall–Kier alpha value is -0.820. The SMILES string of the molecule is CC1CC(Cc2ccccn2)=CC(Cl)C1. The van der Waals surface area contributed by atoms with Crippen LogP contribution in [0.1, 0.15) is 25.5 Å². The Kier molecular flexibility index (Phi) is 3.42. The normalized spacial score (nSPS) is 26.1. The van der Waals surface area contributed by atoms with Crippen molar-refractivity contribution in [1.82, 2.24) is 4.98 Å². The molecule has 0 radical (unpaired) electrons. The van der Waals surface area contributed by atoms with Gasteiger partial charge in [-0.1, -0.05) is 24.6 Å². The van der Waals surface area contributed by atoms with Crippen LogP contribution >= 0.6 is 11.6 Å². The summed E-state index contributed by atoms with van der Waals surface area (Å²) in [6, 6.07) is 6.06. The van der Waals surface area contributed by atoms with Gasteiger partial charge in [0.25, 0.3) is 0 Å². The maximum absolute atomic E-state index is 6.18. The molecule has 80 valence electrons. The molecule has 1 nitrogen and oxygen atoms in total. The van der Waals surface area contributed by atoms with Crippen molar-refractivity contribution in [3.8, 4) is 0 Å². The number of allylic oxidation sites excluding steroid dienone is 2. The third-order valence-corrected chi connectivity index (χ3v) is 3.09. The molecular weight excluding hydrogens is 206 g/mol. The van der Waals surface area contributed by atoms with E-state index in [4.69, 9.17) is 11.6 Å². The Balaban J connectivity index is 2.06. The first-order valence-corrected chi connectivity index (χ1v) is 5.91. The summed E-state index contributed by atoms with van der Waals surface area (Å²) < 4.78 is 0. The Morgan fingerprint density at radius 2 is 2.33 bits per heavy atom. The van der Waals surface area contributed by atoms with E-state index in [1.54, 1.807) is 0 Å². The van der Waals surface area contributed by atoms with Gasteiger partial charge in [0.15, 0.2) is 0 Å². The third kappa shape index (κ3) is 3.07. The first kappa shape index (κ1) is 10.7. The summed E-state index contributed by atoms with van der Waals surface area (Å²) in [4.78, 5) is 4.34. The molecule has 0 spiro atoms. The van der Waals surface area contributed by atoms with Gasteiger partial charge < -0.3 is 0 Å². The van der Waals surface area contributed by atoms with Crippen LogP contribution < -0.4 is 0 Å². The zero-order chi connectivity index (χ0) is 10.7. The zero-order valence-corrected chi connectivity index (χ0v) is 9.74. The molecule has 2 atom stereocenters. The Bertz CT molecular complexity index is 345. The van der Waals surface area contributed by atoms with E-state index in [0.717, 1.165) is 18.5 Å². The molecular formula is C13H16ClN. The van der Waals surface area contributed by atoms with Crippen LogP contribution in [0.15, 0.2) is 36.0 Å². The minimum absolute atomic E-state index is 0.215. The average molecular weight is 222 g/mol. The second-order valence-corrected chi connectivity index (χ2v) is 4.94. The fraction of sp³-hybridized carbons (Fsp3) is 0.462. The number of rotatable bonds is 2. The van der Waals surface area contributed by atoms with E-state index in [9.17, 15) is 0 Å². The molecule has 2 heteroatoms. The van der Waals surface area contributed by atoms with Gasteiger partial charge in [-0.05, 0) is 30.9 Å². The number of aromatic nitrogens is 1. The molecule has 1 aliphatic rings. The van der Waals surface area contributed by atoms with Crippen LogP contribution in [-0.4, -0.2) is 10.4 Å². The second kappa shape index (κ2) is 4.80. The average Bonchev–Trinajstić information content (AvgIpc) is 2.17. The molecule has 2 rings (SSSR count). The lowest BCUT2D eigenvalue weighted by molar-refractivity contribution is 0.507. The minimum Gasteiger partial charge on any atom is -0.261 e. The lowest BCUT2D eigenvalue weighted by Crippen LogP contribution is -2.13. The van der Waals surface area contributed by atoms with Gasteiger partial charge in [0, 0.05) is 18.3 Å². The monoisotopic (exact) mass is 221 g/mol. The van der Waals surface area contributed by atoms with Crippen LogP contribution in [-0.2, 0) is 6.42 Å². The largest absolute Gasteiger partial charge is 0.261 e. The third-order valence-electron chi connectivity index (χ3n) is 2.79. The highest BCUT2D eigenvalue weighted by atomic mass is 35.5. The number of halogens is 1. The van der Waals surface area contributed by atoms with Gasteiger partial charge >= 0.3 is 0 Å². The zero-order valence-electron chi connectivity index (χ0n) is 8.99. The second-order valence-electron chi connectivity index (χ2n) is 4.38. The van der Waals surface area contributed by atoms with Gasteiger partial charge in [-0.15, -0.1) is 11.6 Å². The van der Waals surface area contributed by atoms with Gasteiger partial charge in [-0.3, -0.25) is 4.98 Å². The van der Waals surface area contributed by atoms with Gasteiger partial charge in [0.2, 0.25) is 0 Å². The van der Waals surface area contributed by atoms with Crippen LogP contribution in [0.5, 0.6) is 0 Å². The maximum Gasteiger partial charge on any atom is 0.0521 e. The van der Waals surface area contributed by atoms with Gasteiger partial charge in [0.1, 0.15) is 0 Å². The van der Waals surface area contributed by atoms with E-state index < -0.39 is 0 Å². The van der Waals surface area contributed by atoms with Crippen LogP contribution in [0.3, 0.4) is 0 Å². The Labute approximate surface area is 96.2 Å².